The summed E-state index contributed by atoms with van der Waals surface area (Å²) >= 11 is 1.82. The Balaban J connectivity index is 1.73. The van der Waals surface area contributed by atoms with Gasteiger partial charge in [-0.3, -0.25) is 4.90 Å². The van der Waals surface area contributed by atoms with Crippen molar-refractivity contribution in [3.63, 3.8) is 0 Å². The zero-order valence-electron chi connectivity index (χ0n) is 13.2. The number of benzene rings is 2. The van der Waals surface area contributed by atoms with Gasteiger partial charge in [-0.15, -0.1) is 11.3 Å². The molecule has 0 aliphatic rings. The Morgan fingerprint density at radius 3 is 1.96 bits per heavy atom. The molecule has 0 aliphatic carbocycles. The normalized spacial score (nSPS) is 11.0. The summed E-state index contributed by atoms with van der Waals surface area (Å²) in [5.41, 5.74) is 9.54. The summed E-state index contributed by atoms with van der Waals surface area (Å²) in [4.78, 5) is 3.89. The predicted molar refractivity (Wildman–Crippen MR) is 98.0 cm³/mol. The number of rotatable bonds is 7. The van der Waals surface area contributed by atoms with Gasteiger partial charge in [0.25, 0.3) is 0 Å². The standard InChI is InChI=1S/C20H22N2S/c21-13-17-8-10-19(11-9-17)15-22(16-20-7-4-12-23-20)14-18-5-2-1-3-6-18/h1-12H,13-16,21H2. The predicted octanol–water partition coefficient (Wildman–Crippen LogP) is 4.41. The first-order valence-corrected chi connectivity index (χ1v) is 8.78. The van der Waals surface area contributed by atoms with E-state index in [1.54, 1.807) is 0 Å². The molecule has 0 spiro atoms. The zero-order chi connectivity index (χ0) is 15.9. The van der Waals surface area contributed by atoms with E-state index in [0.29, 0.717) is 6.54 Å². The molecule has 0 amide bonds. The molecule has 2 nitrogen and oxygen atoms in total. The summed E-state index contributed by atoms with van der Waals surface area (Å²) in [6, 6.07) is 23.6. The van der Waals surface area contributed by atoms with Crippen molar-refractivity contribution in [3.8, 4) is 0 Å². The van der Waals surface area contributed by atoms with Crippen LogP contribution in [0.15, 0.2) is 72.1 Å². The van der Waals surface area contributed by atoms with Crippen molar-refractivity contribution in [1.29, 1.82) is 0 Å². The molecule has 0 radical (unpaired) electrons. The lowest BCUT2D eigenvalue weighted by Gasteiger charge is -2.22. The van der Waals surface area contributed by atoms with E-state index in [9.17, 15) is 0 Å². The summed E-state index contributed by atoms with van der Waals surface area (Å²) in [6.07, 6.45) is 0. The largest absolute Gasteiger partial charge is 0.326 e. The smallest absolute Gasteiger partial charge is 0.0335 e. The molecule has 0 bridgehead atoms. The number of hydrogen-bond acceptors (Lipinski definition) is 3. The van der Waals surface area contributed by atoms with E-state index >= 15 is 0 Å². The fraction of sp³-hybridized carbons (Fsp3) is 0.200. The Bertz CT molecular complexity index is 690. The molecular weight excluding hydrogens is 300 g/mol. The van der Waals surface area contributed by atoms with Gasteiger partial charge in [0.05, 0.1) is 0 Å². The van der Waals surface area contributed by atoms with Gasteiger partial charge in [-0.25, -0.2) is 0 Å². The second-order valence-electron chi connectivity index (χ2n) is 5.73. The van der Waals surface area contributed by atoms with Crippen molar-refractivity contribution in [2.24, 2.45) is 5.73 Å². The van der Waals surface area contributed by atoms with Gasteiger partial charge in [0.1, 0.15) is 0 Å². The summed E-state index contributed by atoms with van der Waals surface area (Å²) < 4.78 is 0. The first-order valence-electron chi connectivity index (χ1n) is 7.90. The van der Waals surface area contributed by atoms with Gasteiger partial charge in [0.2, 0.25) is 0 Å². The van der Waals surface area contributed by atoms with Crippen LogP contribution in [-0.2, 0) is 26.2 Å². The zero-order valence-corrected chi connectivity index (χ0v) is 14.0. The van der Waals surface area contributed by atoms with Crippen molar-refractivity contribution in [2.45, 2.75) is 26.2 Å². The number of nitrogens with two attached hydrogens (primary N) is 1. The molecule has 2 aromatic carbocycles. The van der Waals surface area contributed by atoms with E-state index in [-0.39, 0.29) is 0 Å². The number of hydrogen-bond donors (Lipinski definition) is 1. The third kappa shape index (κ3) is 4.76. The van der Waals surface area contributed by atoms with E-state index < -0.39 is 0 Å². The Morgan fingerprint density at radius 2 is 1.35 bits per heavy atom. The van der Waals surface area contributed by atoms with E-state index in [1.807, 2.05) is 11.3 Å². The molecule has 1 aromatic heterocycles. The van der Waals surface area contributed by atoms with Gasteiger partial charge in [-0.1, -0.05) is 60.7 Å². The fourth-order valence-electron chi connectivity index (χ4n) is 2.67. The van der Waals surface area contributed by atoms with Gasteiger partial charge in [0, 0.05) is 31.1 Å². The second kappa shape index (κ2) is 8.06. The Morgan fingerprint density at radius 1 is 0.696 bits per heavy atom. The lowest BCUT2D eigenvalue weighted by atomic mass is 10.1. The first-order chi connectivity index (χ1) is 11.3. The van der Waals surface area contributed by atoms with Gasteiger partial charge < -0.3 is 5.73 Å². The highest BCUT2D eigenvalue weighted by Gasteiger charge is 2.09. The van der Waals surface area contributed by atoms with Crippen molar-refractivity contribution in [3.05, 3.63) is 93.7 Å². The Hall–Kier alpha value is -1.94. The SMILES string of the molecule is NCc1ccc(CN(Cc2ccccc2)Cc2cccs2)cc1. The molecule has 0 unspecified atom stereocenters. The van der Waals surface area contributed by atoms with Crippen LogP contribution in [0.25, 0.3) is 0 Å². The molecule has 0 aliphatic heterocycles. The highest BCUT2D eigenvalue weighted by Crippen LogP contribution is 2.17. The average molecular weight is 322 g/mol. The minimum atomic E-state index is 0.600. The van der Waals surface area contributed by atoms with Crippen molar-refractivity contribution in [2.75, 3.05) is 0 Å². The molecule has 23 heavy (non-hydrogen) atoms. The molecule has 0 saturated heterocycles. The maximum Gasteiger partial charge on any atom is 0.0335 e. The van der Waals surface area contributed by atoms with Crippen LogP contribution in [0.1, 0.15) is 21.6 Å². The minimum Gasteiger partial charge on any atom is -0.326 e. The molecule has 1 heterocycles. The average Bonchev–Trinajstić information content (AvgIpc) is 3.09. The van der Waals surface area contributed by atoms with Crippen LogP contribution >= 0.6 is 11.3 Å². The lowest BCUT2D eigenvalue weighted by molar-refractivity contribution is 0.250. The van der Waals surface area contributed by atoms with Crippen LogP contribution in [0.4, 0.5) is 0 Å². The topological polar surface area (TPSA) is 29.3 Å². The number of thiophene rings is 1. The summed E-state index contributed by atoms with van der Waals surface area (Å²) in [7, 11) is 0. The van der Waals surface area contributed by atoms with Gasteiger partial charge >= 0.3 is 0 Å². The van der Waals surface area contributed by atoms with Crippen LogP contribution in [0.3, 0.4) is 0 Å². The van der Waals surface area contributed by atoms with Crippen molar-refractivity contribution in [1.82, 2.24) is 4.90 Å². The summed E-state index contributed by atoms with van der Waals surface area (Å²) in [5.74, 6) is 0. The molecule has 0 saturated carbocycles. The van der Waals surface area contributed by atoms with Crippen molar-refractivity contribution < 1.29 is 0 Å². The summed E-state index contributed by atoms with van der Waals surface area (Å²) in [5, 5.41) is 2.14. The third-order valence-electron chi connectivity index (χ3n) is 3.87. The van der Waals surface area contributed by atoms with Gasteiger partial charge in [-0.05, 0) is 28.1 Å². The fourth-order valence-corrected chi connectivity index (χ4v) is 3.42. The van der Waals surface area contributed by atoms with Crippen LogP contribution < -0.4 is 5.73 Å². The highest BCUT2D eigenvalue weighted by atomic mass is 32.1. The quantitative estimate of drug-likeness (QED) is 0.698. The van der Waals surface area contributed by atoms with Crippen LogP contribution in [0, 0.1) is 0 Å². The van der Waals surface area contributed by atoms with Crippen LogP contribution in [-0.4, -0.2) is 4.90 Å². The highest BCUT2D eigenvalue weighted by molar-refractivity contribution is 7.09. The minimum absolute atomic E-state index is 0.600. The molecule has 0 atom stereocenters. The maximum atomic E-state index is 5.68. The lowest BCUT2D eigenvalue weighted by Crippen LogP contribution is -2.22. The van der Waals surface area contributed by atoms with E-state index in [0.717, 1.165) is 19.6 Å². The Kier molecular flexibility index (Phi) is 5.59. The van der Waals surface area contributed by atoms with Gasteiger partial charge in [0.15, 0.2) is 0 Å². The van der Waals surface area contributed by atoms with Crippen LogP contribution in [0.2, 0.25) is 0 Å². The molecule has 0 fully saturated rings. The van der Waals surface area contributed by atoms with Crippen LogP contribution in [0.5, 0.6) is 0 Å². The molecule has 118 valence electrons. The number of nitrogens with zero attached hydrogens (tertiary/aromatic N) is 1. The van der Waals surface area contributed by atoms with Gasteiger partial charge in [-0.2, -0.15) is 0 Å². The second-order valence-corrected chi connectivity index (χ2v) is 6.76. The molecular formula is C20H22N2S. The molecule has 3 rings (SSSR count). The molecule has 2 N–H and O–H groups in total. The van der Waals surface area contributed by atoms with E-state index in [2.05, 4.69) is 77.0 Å². The first kappa shape index (κ1) is 15.9. The van der Waals surface area contributed by atoms with E-state index in [4.69, 9.17) is 5.73 Å². The molecule has 3 heteroatoms. The maximum absolute atomic E-state index is 5.68. The molecule has 3 aromatic rings. The van der Waals surface area contributed by atoms with E-state index in [1.165, 1.54) is 21.6 Å². The third-order valence-corrected chi connectivity index (χ3v) is 4.73. The Labute approximate surface area is 142 Å². The monoisotopic (exact) mass is 322 g/mol. The van der Waals surface area contributed by atoms with Crippen molar-refractivity contribution >= 4 is 11.3 Å². The summed E-state index contributed by atoms with van der Waals surface area (Å²) in [6.45, 7) is 3.48.